The zero-order valence-corrected chi connectivity index (χ0v) is 21.5. The van der Waals surface area contributed by atoms with E-state index in [1.54, 1.807) is 35.2 Å². The molecule has 1 aromatic heterocycles. The first kappa shape index (κ1) is 26.5. The molecular weight excluding hydrogens is 527 g/mol. The number of carbonyl (C=O) groups excluding carboxylic acids is 2. The standard InChI is InChI=1S/C28H24F3N5O2S/c29-28(30,31)21-12-6-13-22(16-21)36-24(17-32-26(38)20-9-2-1-3-10-20)33-34-27(36)39-18-25(37)35-15-7-11-19-8-4-5-14-23(19)35/h1-6,8-10,12-14,16H,7,11,15,17-18H2,(H,32,38). The van der Waals surface area contributed by atoms with Crippen LogP contribution in [0.25, 0.3) is 5.69 Å². The average Bonchev–Trinajstić information content (AvgIpc) is 3.37. The van der Waals surface area contributed by atoms with Gasteiger partial charge >= 0.3 is 6.18 Å². The first-order valence-electron chi connectivity index (χ1n) is 12.3. The van der Waals surface area contributed by atoms with Crippen LogP contribution >= 0.6 is 11.8 Å². The van der Waals surface area contributed by atoms with Crippen LogP contribution in [0.1, 0.15) is 33.7 Å². The zero-order chi connectivity index (χ0) is 27.4. The van der Waals surface area contributed by atoms with Gasteiger partial charge in [-0.25, -0.2) is 0 Å². The van der Waals surface area contributed by atoms with E-state index in [1.807, 2.05) is 24.3 Å². The molecule has 0 unspecified atom stereocenters. The number of hydrogen-bond acceptors (Lipinski definition) is 5. The number of alkyl halides is 3. The molecule has 2 amide bonds. The molecule has 11 heteroatoms. The van der Waals surface area contributed by atoms with Crippen molar-refractivity contribution in [2.75, 3.05) is 17.2 Å². The molecule has 0 spiro atoms. The lowest BCUT2D eigenvalue weighted by Gasteiger charge is -2.29. The average molecular weight is 552 g/mol. The lowest BCUT2D eigenvalue weighted by molar-refractivity contribution is -0.137. The van der Waals surface area contributed by atoms with E-state index in [4.69, 9.17) is 0 Å². The number of nitrogens with one attached hydrogen (secondary N) is 1. The molecule has 0 saturated carbocycles. The van der Waals surface area contributed by atoms with E-state index in [9.17, 15) is 22.8 Å². The Kier molecular flexibility index (Phi) is 7.69. The second-order valence-corrected chi connectivity index (χ2v) is 9.84. The molecule has 5 rings (SSSR count). The number of fused-ring (bicyclic) bond motifs is 1. The SMILES string of the molecule is O=C(NCc1nnc(SCC(=O)N2CCCc3ccccc32)n1-c1cccc(C(F)(F)F)c1)c1ccccc1. The van der Waals surface area contributed by atoms with Crippen molar-refractivity contribution in [1.82, 2.24) is 20.1 Å². The molecule has 0 atom stereocenters. The molecule has 1 N–H and O–H groups in total. The third-order valence-electron chi connectivity index (χ3n) is 6.31. The third-order valence-corrected chi connectivity index (χ3v) is 7.22. The van der Waals surface area contributed by atoms with Gasteiger partial charge in [-0.3, -0.25) is 14.2 Å². The van der Waals surface area contributed by atoms with E-state index in [2.05, 4.69) is 15.5 Å². The smallest absolute Gasteiger partial charge is 0.345 e. The molecule has 0 fully saturated rings. The van der Waals surface area contributed by atoms with Crippen LogP contribution in [0.15, 0.2) is 84.0 Å². The number of benzene rings is 3. The zero-order valence-electron chi connectivity index (χ0n) is 20.7. The summed E-state index contributed by atoms with van der Waals surface area (Å²) in [5, 5.41) is 11.3. The third kappa shape index (κ3) is 5.98. The van der Waals surface area contributed by atoms with Crippen molar-refractivity contribution in [3.63, 3.8) is 0 Å². The minimum Gasteiger partial charge on any atom is -0.345 e. The molecule has 7 nitrogen and oxygen atoms in total. The summed E-state index contributed by atoms with van der Waals surface area (Å²) in [5.41, 5.74) is 1.76. The van der Waals surface area contributed by atoms with Gasteiger partial charge in [0, 0.05) is 17.8 Å². The molecular formula is C28H24F3N5O2S. The van der Waals surface area contributed by atoms with Crippen LogP contribution in [-0.4, -0.2) is 38.9 Å². The molecule has 4 aromatic rings. The molecule has 200 valence electrons. The van der Waals surface area contributed by atoms with Gasteiger partial charge in [-0.2, -0.15) is 13.2 Å². The number of hydrogen-bond donors (Lipinski definition) is 1. The maximum Gasteiger partial charge on any atom is 0.416 e. The molecule has 0 bridgehead atoms. The monoisotopic (exact) mass is 551 g/mol. The van der Waals surface area contributed by atoms with Crippen molar-refractivity contribution in [2.45, 2.75) is 30.7 Å². The van der Waals surface area contributed by atoms with Gasteiger partial charge in [0.05, 0.1) is 23.5 Å². The first-order chi connectivity index (χ1) is 18.8. The van der Waals surface area contributed by atoms with Gasteiger partial charge in [-0.15, -0.1) is 10.2 Å². The van der Waals surface area contributed by atoms with E-state index in [1.165, 1.54) is 16.7 Å². The largest absolute Gasteiger partial charge is 0.416 e. The Bertz CT molecular complexity index is 1490. The molecule has 1 aliphatic heterocycles. The van der Waals surface area contributed by atoms with Gasteiger partial charge in [0.2, 0.25) is 5.91 Å². The Balaban J connectivity index is 1.40. The normalized spacial score (nSPS) is 13.2. The van der Waals surface area contributed by atoms with Crippen LogP contribution in [-0.2, 0) is 23.9 Å². The Morgan fingerprint density at radius 3 is 2.51 bits per heavy atom. The van der Waals surface area contributed by atoms with Crippen LogP contribution < -0.4 is 10.2 Å². The van der Waals surface area contributed by atoms with Gasteiger partial charge < -0.3 is 10.2 Å². The topological polar surface area (TPSA) is 80.1 Å². The molecule has 1 aliphatic rings. The second kappa shape index (κ2) is 11.3. The van der Waals surface area contributed by atoms with E-state index in [0.717, 1.165) is 48.0 Å². The minimum atomic E-state index is -4.55. The Hall–Kier alpha value is -4.12. The molecule has 39 heavy (non-hydrogen) atoms. The highest BCUT2D eigenvalue weighted by molar-refractivity contribution is 7.99. The number of aryl methyl sites for hydroxylation is 1. The van der Waals surface area contributed by atoms with Crippen molar-refractivity contribution >= 4 is 29.3 Å². The van der Waals surface area contributed by atoms with Crippen molar-refractivity contribution in [1.29, 1.82) is 0 Å². The summed E-state index contributed by atoms with van der Waals surface area (Å²) in [6.45, 7) is 0.512. The summed E-state index contributed by atoms with van der Waals surface area (Å²) in [5.74, 6) is -0.245. The van der Waals surface area contributed by atoms with Crippen LogP contribution in [0.5, 0.6) is 0 Å². The van der Waals surface area contributed by atoms with E-state index < -0.39 is 11.7 Å². The van der Waals surface area contributed by atoms with E-state index >= 15 is 0 Å². The number of aromatic nitrogens is 3. The summed E-state index contributed by atoms with van der Waals surface area (Å²) in [6, 6.07) is 21.1. The summed E-state index contributed by atoms with van der Waals surface area (Å²) in [6.07, 6.45) is -2.80. The predicted molar refractivity (Wildman–Crippen MR) is 142 cm³/mol. The maximum absolute atomic E-state index is 13.5. The predicted octanol–water partition coefficient (Wildman–Crippen LogP) is 5.29. The Morgan fingerprint density at radius 2 is 1.72 bits per heavy atom. The molecule has 0 radical (unpaired) electrons. The molecule has 2 heterocycles. The fourth-order valence-electron chi connectivity index (χ4n) is 4.44. The number of anilines is 1. The van der Waals surface area contributed by atoms with Crippen molar-refractivity contribution in [3.05, 3.63) is 101 Å². The van der Waals surface area contributed by atoms with Gasteiger partial charge in [0.1, 0.15) is 0 Å². The van der Waals surface area contributed by atoms with Crippen LogP contribution in [0.2, 0.25) is 0 Å². The van der Waals surface area contributed by atoms with Gasteiger partial charge in [-0.05, 0) is 54.8 Å². The lowest BCUT2D eigenvalue weighted by Crippen LogP contribution is -2.36. The van der Waals surface area contributed by atoms with Gasteiger partial charge in [0.25, 0.3) is 5.91 Å². The highest BCUT2D eigenvalue weighted by Crippen LogP contribution is 2.32. The molecule has 0 aliphatic carbocycles. The van der Waals surface area contributed by atoms with Crippen molar-refractivity contribution in [3.8, 4) is 5.69 Å². The minimum absolute atomic E-state index is 0.0157. The van der Waals surface area contributed by atoms with Crippen LogP contribution in [0.4, 0.5) is 18.9 Å². The van der Waals surface area contributed by atoms with E-state index in [0.29, 0.717) is 12.1 Å². The Morgan fingerprint density at radius 1 is 0.949 bits per heavy atom. The number of carbonyl (C=O) groups is 2. The molecule has 0 saturated heterocycles. The van der Waals surface area contributed by atoms with Crippen LogP contribution in [0.3, 0.4) is 0 Å². The number of halogens is 3. The summed E-state index contributed by atoms with van der Waals surface area (Å²) in [4.78, 5) is 27.5. The van der Waals surface area contributed by atoms with E-state index in [-0.39, 0.29) is 40.8 Å². The van der Waals surface area contributed by atoms with Gasteiger partial charge in [-0.1, -0.05) is 54.2 Å². The number of amides is 2. The Labute approximate surface area is 227 Å². The maximum atomic E-state index is 13.5. The van der Waals surface area contributed by atoms with Crippen molar-refractivity contribution < 1.29 is 22.8 Å². The highest BCUT2D eigenvalue weighted by atomic mass is 32.2. The first-order valence-corrected chi connectivity index (χ1v) is 13.3. The fraction of sp³-hybridized carbons (Fsp3) is 0.214. The number of nitrogens with zero attached hydrogens (tertiary/aromatic N) is 4. The summed E-state index contributed by atoms with van der Waals surface area (Å²) >= 11 is 1.09. The fourth-order valence-corrected chi connectivity index (χ4v) is 5.28. The number of para-hydroxylation sites is 1. The van der Waals surface area contributed by atoms with Crippen molar-refractivity contribution in [2.24, 2.45) is 0 Å². The highest BCUT2D eigenvalue weighted by Gasteiger charge is 2.31. The second-order valence-electron chi connectivity index (χ2n) is 8.90. The van der Waals surface area contributed by atoms with Crippen LogP contribution in [0, 0.1) is 0 Å². The summed E-state index contributed by atoms with van der Waals surface area (Å²) < 4.78 is 41.9. The number of rotatable bonds is 7. The lowest BCUT2D eigenvalue weighted by atomic mass is 10.0. The molecule has 3 aromatic carbocycles. The van der Waals surface area contributed by atoms with Gasteiger partial charge in [0.15, 0.2) is 11.0 Å². The number of thioether (sulfide) groups is 1. The quantitative estimate of drug-likeness (QED) is 0.316. The summed E-state index contributed by atoms with van der Waals surface area (Å²) in [7, 11) is 0.